The van der Waals surface area contributed by atoms with Gasteiger partial charge in [0.25, 0.3) is 5.91 Å². The van der Waals surface area contributed by atoms with Gasteiger partial charge in [0.05, 0.1) is 18.4 Å². The van der Waals surface area contributed by atoms with Gasteiger partial charge in [-0.15, -0.1) is 11.3 Å². The molecule has 9 nitrogen and oxygen atoms in total. The highest BCUT2D eigenvalue weighted by Crippen LogP contribution is 2.29. The summed E-state index contributed by atoms with van der Waals surface area (Å²) in [6.45, 7) is 0.306. The highest BCUT2D eigenvalue weighted by Gasteiger charge is 2.24. The first-order chi connectivity index (χ1) is 17.8. The van der Waals surface area contributed by atoms with Crippen molar-refractivity contribution in [2.45, 2.75) is 44.7 Å². The minimum atomic E-state index is -0.753. The Morgan fingerprint density at radius 2 is 1.97 bits per heavy atom. The van der Waals surface area contributed by atoms with Crippen LogP contribution in [0.2, 0.25) is 5.02 Å². The molecule has 2 heterocycles. The number of fused-ring (bicyclic) bond motifs is 2. The van der Waals surface area contributed by atoms with Crippen molar-refractivity contribution in [3.05, 3.63) is 57.9 Å². The first-order valence-electron chi connectivity index (χ1n) is 11.9. The lowest BCUT2D eigenvalue weighted by Gasteiger charge is -2.21. The second kappa shape index (κ2) is 12.1. The molecule has 3 aromatic rings. The van der Waals surface area contributed by atoms with Crippen molar-refractivity contribution in [2.75, 3.05) is 17.7 Å². The first-order valence-corrected chi connectivity index (χ1v) is 13.1. The molecule has 1 unspecified atom stereocenters. The van der Waals surface area contributed by atoms with Crippen LogP contribution in [0, 0.1) is 0 Å². The highest BCUT2D eigenvalue weighted by molar-refractivity contribution is 7.17. The fraction of sp³-hybridized carbons (Fsp3) is 0.308. The van der Waals surface area contributed by atoms with Crippen molar-refractivity contribution in [1.82, 2.24) is 10.6 Å². The lowest BCUT2D eigenvalue weighted by atomic mass is 10.0. The van der Waals surface area contributed by atoms with E-state index in [0.717, 1.165) is 22.1 Å². The second-order valence-corrected chi connectivity index (χ2v) is 10.0. The molecule has 1 aliphatic rings. The molecule has 194 valence electrons. The molecule has 0 bridgehead atoms. The molecule has 37 heavy (non-hydrogen) atoms. The zero-order chi connectivity index (χ0) is 26.4. The summed E-state index contributed by atoms with van der Waals surface area (Å²) in [4.78, 5) is 50.4. The minimum absolute atomic E-state index is 0.181. The third-order valence-electron chi connectivity index (χ3n) is 6.06. The van der Waals surface area contributed by atoms with Crippen LogP contribution in [0.25, 0.3) is 10.1 Å². The van der Waals surface area contributed by atoms with E-state index in [4.69, 9.17) is 11.6 Å². The molecule has 1 aliphatic heterocycles. The van der Waals surface area contributed by atoms with Crippen LogP contribution in [0.4, 0.5) is 16.2 Å². The standard InChI is InChI=1S/C26H27ClN4O5S/c1-36-26(35)29-17-8-9-18-21(12-17)30-23(32)6-4-2-3-5-20(31-24(18)33)25(34)28-13-15-14-37-22-10-7-16(27)11-19(15)22/h7-12,14,20H,2-6,13H2,1H3,(H,28,34)(H,29,35)(H,30,32)(H,31,33). The smallest absolute Gasteiger partial charge is 0.411 e. The van der Waals surface area contributed by atoms with E-state index >= 15 is 0 Å². The summed E-state index contributed by atoms with van der Waals surface area (Å²) in [5.74, 6) is -1.03. The van der Waals surface area contributed by atoms with E-state index in [1.165, 1.54) is 25.3 Å². The van der Waals surface area contributed by atoms with E-state index in [-0.39, 0.29) is 29.5 Å². The van der Waals surface area contributed by atoms with Gasteiger partial charge in [0.15, 0.2) is 0 Å². The molecule has 4 amide bonds. The Hall–Kier alpha value is -3.63. The van der Waals surface area contributed by atoms with Crippen molar-refractivity contribution < 1.29 is 23.9 Å². The van der Waals surface area contributed by atoms with Crippen LogP contribution in [0.5, 0.6) is 0 Å². The third-order valence-corrected chi connectivity index (χ3v) is 7.30. The Balaban J connectivity index is 1.52. The monoisotopic (exact) mass is 542 g/mol. The molecule has 11 heteroatoms. The number of methoxy groups -OCH3 is 1. The molecule has 0 aliphatic carbocycles. The SMILES string of the molecule is COC(=O)Nc1ccc2c(c1)NC(=O)CCCCCC(C(=O)NCc1csc3ccc(Cl)cc13)NC2=O. The maximum absolute atomic E-state index is 13.2. The molecule has 0 radical (unpaired) electrons. The normalized spacial score (nSPS) is 16.4. The van der Waals surface area contributed by atoms with E-state index in [9.17, 15) is 19.2 Å². The largest absolute Gasteiger partial charge is 0.453 e. The van der Waals surface area contributed by atoms with Crippen molar-refractivity contribution in [3.8, 4) is 0 Å². The molecule has 0 fully saturated rings. The van der Waals surface area contributed by atoms with Gasteiger partial charge in [-0.2, -0.15) is 0 Å². The summed E-state index contributed by atoms with van der Waals surface area (Å²) in [5, 5.41) is 14.6. The van der Waals surface area contributed by atoms with Crippen molar-refractivity contribution >= 4 is 68.2 Å². The Labute approximate surface area is 222 Å². The van der Waals surface area contributed by atoms with E-state index in [0.29, 0.717) is 36.5 Å². The van der Waals surface area contributed by atoms with Crippen LogP contribution in [0.3, 0.4) is 0 Å². The van der Waals surface area contributed by atoms with Gasteiger partial charge in [-0.1, -0.05) is 24.4 Å². The number of halogens is 1. The van der Waals surface area contributed by atoms with Crippen molar-refractivity contribution in [2.24, 2.45) is 0 Å². The topological polar surface area (TPSA) is 126 Å². The van der Waals surface area contributed by atoms with Gasteiger partial charge in [-0.3, -0.25) is 19.7 Å². The maximum Gasteiger partial charge on any atom is 0.411 e. The van der Waals surface area contributed by atoms with E-state index in [1.807, 2.05) is 23.6 Å². The van der Waals surface area contributed by atoms with Crippen LogP contribution in [-0.2, 0) is 20.9 Å². The number of ether oxygens (including phenoxy) is 1. The second-order valence-electron chi connectivity index (χ2n) is 8.67. The van der Waals surface area contributed by atoms with E-state index in [1.54, 1.807) is 11.3 Å². The molecule has 0 spiro atoms. The lowest BCUT2D eigenvalue weighted by Crippen LogP contribution is -2.46. The van der Waals surface area contributed by atoms with Crippen LogP contribution < -0.4 is 21.3 Å². The number of hydrogen-bond donors (Lipinski definition) is 4. The minimum Gasteiger partial charge on any atom is -0.453 e. The Morgan fingerprint density at radius 1 is 1.14 bits per heavy atom. The predicted octanol–water partition coefficient (Wildman–Crippen LogP) is 5.05. The molecule has 1 atom stereocenters. The summed E-state index contributed by atoms with van der Waals surface area (Å²) < 4.78 is 5.68. The summed E-state index contributed by atoms with van der Waals surface area (Å²) in [6, 6.07) is 9.39. The molecule has 2 aromatic carbocycles. The number of amides is 4. The van der Waals surface area contributed by atoms with Gasteiger partial charge in [0.2, 0.25) is 11.8 Å². The van der Waals surface area contributed by atoms with Gasteiger partial charge in [0.1, 0.15) is 6.04 Å². The number of hydrogen-bond acceptors (Lipinski definition) is 6. The van der Waals surface area contributed by atoms with Crippen LogP contribution in [-0.4, -0.2) is 37.0 Å². The summed E-state index contributed by atoms with van der Waals surface area (Å²) in [7, 11) is 1.24. The Kier molecular flexibility index (Phi) is 8.62. The van der Waals surface area contributed by atoms with Gasteiger partial charge < -0.3 is 20.7 Å². The van der Waals surface area contributed by atoms with Crippen LogP contribution >= 0.6 is 22.9 Å². The molecule has 4 rings (SSSR count). The number of carbonyl (C=O) groups excluding carboxylic acids is 4. The summed E-state index contributed by atoms with van der Waals surface area (Å²) >= 11 is 7.72. The number of rotatable bonds is 4. The van der Waals surface area contributed by atoms with Gasteiger partial charge in [-0.25, -0.2) is 4.79 Å². The zero-order valence-electron chi connectivity index (χ0n) is 20.2. The zero-order valence-corrected chi connectivity index (χ0v) is 21.8. The number of anilines is 2. The Morgan fingerprint density at radius 3 is 2.78 bits per heavy atom. The molecule has 4 N–H and O–H groups in total. The van der Waals surface area contributed by atoms with E-state index in [2.05, 4.69) is 26.0 Å². The average molecular weight is 543 g/mol. The quantitative estimate of drug-likeness (QED) is 0.367. The Bertz CT molecular complexity index is 1340. The fourth-order valence-electron chi connectivity index (χ4n) is 4.12. The van der Waals surface area contributed by atoms with Crippen molar-refractivity contribution in [3.63, 3.8) is 0 Å². The molecule has 0 saturated carbocycles. The average Bonchev–Trinajstić information content (AvgIpc) is 3.27. The van der Waals surface area contributed by atoms with Crippen molar-refractivity contribution in [1.29, 1.82) is 0 Å². The van der Waals surface area contributed by atoms with Gasteiger partial charge in [-0.05, 0) is 65.6 Å². The number of carbonyl (C=O) groups is 4. The van der Waals surface area contributed by atoms with Crippen LogP contribution in [0.15, 0.2) is 41.8 Å². The summed E-state index contributed by atoms with van der Waals surface area (Å²) in [6.07, 6.45) is 2.09. The first kappa shape index (κ1) is 26.4. The number of benzene rings is 2. The number of thiophene rings is 1. The number of nitrogens with one attached hydrogen (secondary N) is 4. The summed E-state index contributed by atoms with van der Waals surface area (Å²) in [5.41, 5.74) is 1.72. The lowest BCUT2D eigenvalue weighted by molar-refractivity contribution is -0.123. The van der Waals surface area contributed by atoms with Gasteiger partial charge in [0, 0.05) is 28.4 Å². The molecular weight excluding hydrogens is 516 g/mol. The maximum atomic E-state index is 13.2. The fourth-order valence-corrected chi connectivity index (χ4v) is 5.23. The van der Waals surface area contributed by atoms with Gasteiger partial charge >= 0.3 is 6.09 Å². The van der Waals surface area contributed by atoms with Crippen LogP contribution in [0.1, 0.15) is 48.0 Å². The third kappa shape index (κ3) is 6.78. The van der Waals surface area contributed by atoms with E-state index < -0.39 is 18.0 Å². The predicted molar refractivity (Wildman–Crippen MR) is 144 cm³/mol. The molecular formula is C26H27ClN4O5S. The molecule has 1 aromatic heterocycles. The molecule has 0 saturated heterocycles. The highest BCUT2D eigenvalue weighted by atomic mass is 35.5.